The first-order valence-electron chi connectivity index (χ1n) is 5.83. The molecule has 2 amide bonds. The minimum atomic E-state index is -1.09. The molecule has 0 bridgehead atoms. The molecule has 3 N–H and O–H groups in total. The Labute approximate surface area is 148 Å². The average molecular weight is 508 g/mol. The molecule has 0 spiro atoms. The number of para-hydroxylation sites is 1. The van der Waals surface area contributed by atoms with Gasteiger partial charge in [-0.25, -0.2) is 9.59 Å². The van der Waals surface area contributed by atoms with Gasteiger partial charge in [0.1, 0.15) is 0 Å². The van der Waals surface area contributed by atoms with Crippen molar-refractivity contribution in [2.75, 3.05) is 10.6 Å². The molecule has 2 aromatic carbocycles. The molecule has 0 atom stereocenters. The van der Waals surface area contributed by atoms with Gasteiger partial charge in [-0.15, -0.1) is 0 Å². The van der Waals surface area contributed by atoms with Crippen LogP contribution >= 0.6 is 45.2 Å². The first-order valence-corrected chi connectivity index (χ1v) is 7.98. The van der Waals surface area contributed by atoms with E-state index in [1.54, 1.807) is 18.2 Å². The van der Waals surface area contributed by atoms with Crippen LogP contribution in [0.1, 0.15) is 10.4 Å². The molecular formula is C14H10I2N2O3. The fourth-order valence-electron chi connectivity index (χ4n) is 1.64. The van der Waals surface area contributed by atoms with Crippen LogP contribution in [0.3, 0.4) is 0 Å². The minimum Gasteiger partial charge on any atom is -0.478 e. The molecule has 108 valence electrons. The summed E-state index contributed by atoms with van der Waals surface area (Å²) < 4.78 is 1.68. The number of hydrogen-bond acceptors (Lipinski definition) is 2. The Morgan fingerprint density at radius 2 is 1.62 bits per heavy atom. The summed E-state index contributed by atoms with van der Waals surface area (Å²) in [5.74, 6) is -1.09. The van der Waals surface area contributed by atoms with Crippen LogP contribution in [0.5, 0.6) is 0 Å². The predicted molar refractivity (Wildman–Crippen MR) is 97.9 cm³/mol. The van der Waals surface area contributed by atoms with E-state index in [0.29, 0.717) is 5.69 Å². The summed E-state index contributed by atoms with van der Waals surface area (Å²) in [6, 6.07) is 11.6. The van der Waals surface area contributed by atoms with Gasteiger partial charge in [0.15, 0.2) is 0 Å². The van der Waals surface area contributed by atoms with Crippen LogP contribution in [0, 0.1) is 7.14 Å². The number of carboxylic acid groups (broad SMARTS) is 1. The smallest absolute Gasteiger partial charge is 0.337 e. The van der Waals surface area contributed by atoms with Crippen LogP contribution < -0.4 is 10.6 Å². The van der Waals surface area contributed by atoms with E-state index in [9.17, 15) is 9.59 Å². The lowest BCUT2D eigenvalue weighted by molar-refractivity contribution is 0.0698. The van der Waals surface area contributed by atoms with E-state index < -0.39 is 12.0 Å². The lowest BCUT2D eigenvalue weighted by atomic mass is 10.2. The topological polar surface area (TPSA) is 78.4 Å². The maximum Gasteiger partial charge on any atom is 0.337 e. The van der Waals surface area contributed by atoms with Crippen LogP contribution in [0.25, 0.3) is 0 Å². The maximum absolute atomic E-state index is 12.0. The quantitative estimate of drug-likeness (QED) is 0.544. The van der Waals surface area contributed by atoms with E-state index in [-0.39, 0.29) is 11.3 Å². The number of halogens is 2. The number of hydrogen-bond donors (Lipinski definition) is 3. The molecule has 0 aliphatic heterocycles. The number of urea groups is 1. The molecule has 0 aliphatic rings. The van der Waals surface area contributed by atoms with Crippen molar-refractivity contribution in [2.45, 2.75) is 0 Å². The first kappa shape index (κ1) is 16.0. The van der Waals surface area contributed by atoms with Crippen LogP contribution in [-0.4, -0.2) is 17.1 Å². The Kier molecular flexibility index (Phi) is 5.39. The summed E-state index contributed by atoms with van der Waals surface area (Å²) in [6.45, 7) is 0. The number of carbonyl (C=O) groups is 2. The molecular weight excluding hydrogens is 498 g/mol. The molecule has 21 heavy (non-hydrogen) atoms. The fraction of sp³-hybridized carbons (Fsp3) is 0. The normalized spacial score (nSPS) is 10.0. The Morgan fingerprint density at radius 1 is 0.952 bits per heavy atom. The Balaban J connectivity index is 2.17. The van der Waals surface area contributed by atoms with Gasteiger partial charge in [-0.2, -0.15) is 0 Å². The molecule has 2 aromatic rings. The van der Waals surface area contributed by atoms with Crippen LogP contribution in [-0.2, 0) is 0 Å². The number of anilines is 2. The molecule has 0 saturated heterocycles. The summed E-state index contributed by atoms with van der Waals surface area (Å²) in [4.78, 5) is 23.2. The average Bonchev–Trinajstić information content (AvgIpc) is 2.43. The number of rotatable bonds is 3. The van der Waals surface area contributed by atoms with E-state index in [1.807, 2.05) is 40.8 Å². The molecule has 0 aromatic heterocycles. The molecule has 7 heteroatoms. The van der Waals surface area contributed by atoms with Gasteiger partial charge < -0.3 is 15.7 Å². The Bertz CT molecular complexity index is 704. The lowest BCUT2D eigenvalue weighted by Gasteiger charge is -2.11. The zero-order chi connectivity index (χ0) is 15.4. The summed E-state index contributed by atoms with van der Waals surface area (Å²) in [5, 5.41) is 14.4. The third-order valence-electron chi connectivity index (χ3n) is 2.58. The second-order valence-corrected chi connectivity index (χ2v) is 6.46. The molecule has 0 heterocycles. The first-order chi connectivity index (χ1) is 9.97. The van der Waals surface area contributed by atoms with Gasteiger partial charge in [0, 0.05) is 7.14 Å². The molecule has 0 unspecified atom stereocenters. The van der Waals surface area contributed by atoms with E-state index in [0.717, 1.165) is 7.14 Å². The van der Waals surface area contributed by atoms with Gasteiger partial charge in [0.05, 0.1) is 16.9 Å². The van der Waals surface area contributed by atoms with E-state index in [4.69, 9.17) is 5.11 Å². The van der Waals surface area contributed by atoms with E-state index in [1.165, 1.54) is 6.07 Å². The van der Waals surface area contributed by atoms with Crippen LogP contribution in [0.4, 0.5) is 16.2 Å². The van der Waals surface area contributed by atoms with Gasteiger partial charge in [0.25, 0.3) is 0 Å². The SMILES string of the molecule is O=C(Nc1ccccc1I)Nc1ccc(I)cc1C(=O)O. The predicted octanol–water partition coefficient (Wildman–Crippen LogP) is 4.24. The zero-order valence-corrected chi connectivity index (χ0v) is 14.9. The molecule has 0 radical (unpaired) electrons. The van der Waals surface area contributed by atoms with Crippen molar-refractivity contribution in [3.8, 4) is 0 Å². The van der Waals surface area contributed by atoms with E-state index >= 15 is 0 Å². The number of carboxylic acids is 1. The summed E-state index contributed by atoms with van der Waals surface area (Å²) in [7, 11) is 0. The summed E-state index contributed by atoms with van der Waals surface area (Å²) in [6.07, 6.45) is 0. The van der Waals surface area contributed by atoms with Crippen LogP contribution in [0.2, 0.25) is 0 Å². The number of amides is 2. The van der Waals surface area contributed by atoms with E-state index in [2.05, 4.69) is 33.2 Å². The number of benzene rings is 2. The van der Waals surface area contributed by atoms with Gasteiger partial charge in [0.2, 0.25) is 0 Å². The molecule has 0 fully saturated rings. The third kappa shape index (κ3) is 4.30. The number of carbonyl (C=O) groups excluding carboxylic acids is 1. The highest BCUT2D eigenvalue weighted by Crippen LogP contribution is 2.20. The van der Waals surface area contributed by atoms with Gasteiger partial charge >= 0.3 is 12.0 Å². The highest BCUT2D eigenvalue weighted by molar-refractivity contribution is 14.1. The van der Waals surface area contributed by atoms with Crippen molar-refractivity contribution < 1.29 is 14.7 Å². The largest absolute Gasteiger partial charge is 0.478 e. The number of aromatic carboxylic acids is 1. The van der Waals surface area contributed by atoms with Crippen molar-refractivity contribution in [3.63, 3.8) is 0 Å². The van der Waals surface area contributed by atoms with Crippen molar-refractivity contribution >= 4 is 68.6 Å². The Hall–Kier alpha value is -1.36. The van der Waals surface area contributed by atoms with Crippen molar-refractivity contribution in [3.05, 3.63) is 55.2 Å². The maximum atomic E-state index is 12.0. The Morgan fingerprint density at radius 3 is 2.29 bits per heavy atom. The van der Waals surface area contributed by atoms with Gasteiger partial charge in [-0.1, -0.05) is 12.1 Å². The van der Waals surface area contributed by atoms with Crippen molar-refractivity contribution in [1.29, 1.82) is 0 Å². The molecule has 0 aliphatic carbocycles. The highest BCUT2D eigenvalue weighted by Gasteiger charge is 2.13. The fourth-order valence-corrected chi connectivity index (χ4v) is 2.65. The minimum absolute atomic E-state index is 0.0554. The summed E-state index contributed by atoms with van der Waals surface area (Å²) in [5.41, 5.74) is 0.976. The van der Waals surface area contributed by atoms with Gasteiger partial charge in [-0.3, -0.25) is 0 Å². The number of nitrogens with one attached hydrogen (secondary N) is 2. The monoisotopic (exact) mass is 508 g/mol. The standard InChI is InChI=1S/C14H10I2N2O3/c15-8-5-6-11(9(7-8)13(19)20)17-14(21)18-12-4-2-1-3-10(12)16/h1-7H,(H,19,20)(H2,17,18,21). The lowest BCUT2D eigenvalue weighted by Crippen LogP contribution is -2.21. The molecule has 0 saturated carbocycles. The van der Waals surface area contributed by atoms with Gasteiger partial charge in [-0.05, 0) is 75.5 Å². The highest BCUT2D eigenvalue weighted by atomic mass is 127. The molecule has 2 rings (SSSR count). The summed E-state index contributed by atoms with van der Waals surface area (Å²) >= 11 is 4.13. The zero-order valence-electron chi connectivity index (χ0n) is 10.6. The second kappa shape index (κ2) is 7.07. The molecule has 5 nitrogen and oxygen atoms in total. The second-order valence-electron chi connectivity index (χ2n) is 4.05. The third-order valence-corrected chi connectivity index (χ3v) is 4.19. The van der Waals surface area contributed by atoms with Crippen molar-refractivity contribution in [1.82, 2.24) is 0 Å². The van der Waals surface area contributed by atoms with Crippen molar-refractivity contribution in [2.24, 2.45) is 0 Å². The van der Waals surface area contributed by atoms with Crippen LogP contribution in [0.15, 0.2) is 42.5 Å².